The van der Waals surface area contributed by atoms with Crippen LogP contribution in [0.25, 0.3) is 0 Å². The van der Waals surface area contributed by atoms with Crippen LogP contribution in [0.15, 0.2) is 35.3 Å². The summed E-state index contributed by atoms with van der Waals surface area (Å²) in [4.78, 5) is 16.3. The number of rotatable bonds is 9. The molecule has 6 nitrogen and oxygen atoms in total. The first-order valence-electron chi connectivity index (χ1n) is 10.2. The lowest BCUT2D eigenvalue weighted by molar-refractivity contribution is -0.121. The van der Waals surface area contributed by atoms with E-state index >= 15 is 0 Å². The molecule has 0 spiro atoms. The minimum Gasteiger partial charge on any atom is -0.355 e. The van der Waals surface area contributed by atoms with Gasteiger partial charge in [-0.15, -0.1) is 0 Å². The summed E-state index contributed by atoms with van der Waals surface area (Å²) in [6.45, 7) is 13.4. The van der Waals surface area contributed by atoms with Crippen LogP contribution in [-0.4, -0.2) is 43.1 Å². The van der Waals surface area contributed by atoms with E-state index in [2.05, 4.69) is 71.3 Å². The SMILES string of the molecule is CCC(CC)(CNC(=NC)NCC(=O)NC(C)(C)C)NC(C)c1ccccc1. The quantitative estimate of drug-likeness (QED) is 0.387. The van der Waals surface area contributed by atoms with Crippen molar-refractivity contribution in [2.24, 2.45) is 4.99 Å². The average molecular weight is 390 g/mol. The zero-order valence-electron chi connectivity index (χ0n) is 18.6. The molecule has 0 bridgehead atoms. The van der Waals surface area contributed by atoms with Gasteiger partial charge in [-0.25, -0.2) is 0 Å². The summed E-state index contributed by atoms with van der Waals surface area (Å²) in [5.41, 5.74) is 0.961. The first-order chi connectivity index (χ1) is 13.1. The molecule has 1 unspecified atom stereocenters. The highest BCUT2D eigenvalue weighted by molar-refractivity contribution is 5.86. The first-order valence-corrected chi connectivity index (χ1v) is 10.2. The van der Waals surface area contributed by atoms with Gasteiger partial charge in [0.25, 0.3) is 0 Å². The molecule has 0 heterocycles. The summed E-state index contributed by atoms with van der Waals surface area (Å²) < 4.78 is 0. The van der Waals surface area contributed by atoms with Crippen molar-refractivity contribution in [2.45, 2.75) is 71.5 Å². The smallest absolute Gasteiger partial charge is 0.239 e. The number of hydrogen-bond acceptors (Lipinski definition) is 3. The second-order valence-corrected chi connectivity index (χ2v) is 8.34. The Morgan fingerprint density at radius 1 is 1.07 bits per heavy atom. The monoisotopic (exact) mass is 389 g/mol. The van der Waals surface area contributed by atoms with E-state index in [4.69, 9.17) is 0 Å². The number of benzene rings is 1. The van der Waals surface area contributed by atoms with E-state index in [0.717, 1.165) is 19.4 Å². The Morgan fingerprint density at radius 3 is 2.18 bits per heavy atom. The van der Waals surface area contributed by atoms with Gasteiger partial charge in [-0.2, -0.15) is 0 Å². The molecular formula is C22H39N5O. The molecule has 1 amide bonds. The molecule has 1 aromatic carbocycles. The van der Waals surface area contributed by atoms with Crippen LogP contribution in [0.3, 0.4) is 0 Å². The number of amides is 1. The molecular weight excluding hydrogens is 350 g/mol. The number of nitrogens with zero attached hydrogens (tertiary/aromatic N) is 1. The number of hydrogen-bond donors (Lipinski definition) is 4. The second kappa shape index (κ2) is 11.1. The van der Waals surface area contributed by atoms with Gasteiger partial charge in [-0.3, -0.25) is 9.79 Å². The van der Waals surface area contributed by atoms with Crippen LogP contribution >= 0.6 is 0 Å². The predicted molar refractivity (Wildman–Crippen MR) is 119 cm³/mol. The summed E-state index contributed by atoms with van der Waals surface area (Å²) in [5, 5.41) is 13.2. The Labute approximate surface area is 171 Å². The average Bonchev–Trinajstić information content (AvgIpc) is 2.66. The molecule has 1 aromatic rings. The molecule has 0 saturated heterocycles. The number of carbonyl (C=O) groups excluding carboxylic acids is 1. The van der Waals surface area contributed by atoms with E-state index in [1.54, 1.807) is 7.05 Å². The highest BCUT2D eigenvalue weighted by atomic mass is 16.2. The van der Waals surface area contributed by atoms with Gasteiger partial charge in [0.2, 0.25) is 5.91 Å². The van der Waals surface area contributed by atoms with E-state index in [-0.39, 0.29) is 29.6 Å². The van der Waals surface area contributed by atoms with Crippen molar-refractivity contribution < 1.29 is 4.79 Å². The topological polar surface area (TPSA) is 77.5 Å². The van der Waals surface area contributed by atoms with Crippen LogP contribution in [0.5, 0.6) is 0 Å². The number of guanidine groups is 1. The third-order valence-corrected chi connectivity index (χ3v) is 4.92. The first kappa shape index (κ1) is 24.0. The van der Waals surface area contributed by atoms with E-state index in [1.165, 1.54) is 5.56 Å². The van der Waals surface area contributed by atoms with Crippen molar-refractivity contribution in [1.29, 1.82) is 0 Å². The lowest BCUT2D eigenvalue weighted by Gasteiger charge is -2.37. The van der Waals surface area contributed by atoms with Crippen molar-refractivity contribution in [3.8, 4) is 0 Å². The van der Waals surface area contributed by atoms with Crippen molar-refractivity contribution in [3.05, 3.63) is 35.9 Å². The van der Waals surface area contributed by atoms with Crippen LogP contribution in [0.2, 0.25) is 0 Å². The maximum atomic E-state index is 12.0. The summed E-state index contributed by atoms with van der Waals surface area (Å²) in [5.74, 6) is 0.577. The van der Waals surface area contributed by atoms with Gasteiger partial charge in [0.15, 0.2) is 5.96 Å². The van der Waals surface area contributed by atoms with E-state index in [1.807, 2.05) is 26.8 Å². The molecule has 0 fully saturated rings. The standard InChI is InChI=1S/C22H39N5O/c1-8-22(9-2,26-17(3)18-13-11-10-12-14-18)16-25-20(23-7)24-15-19(28)27-21(4,5)6/h10-14,17,26H,8-9,15-16H2,1-7H3,(H,27,28)(H2,23,24,25). The van der Waals surface area contributed by atoms with Crippen molar-refractivity contribution in [1.82, 2.24) is 21.3 Å². The molecule has 0 aliphatic heterocycles. The zero-order chi connectivity index (χ0) is 21.2. The van der Waals surface area contributed by atoms with E-state index in [9.17, 15) is 4.79 Å². The Balaban J connectivity index is 2.65. The third-order valence-electron chi connectivity index (χ3n) is 4.92. The van der Waals surface area contributed by atoms with Gasteiger partial charge in [-0.05, 0) is 46.1 Å². The van der Waals surface area contributed by atoms with Crippen molar-refractivity contribution in [2.75, 3.05) is 20.1 Å². The number of nitrogens with one attached hydrogen (secondary N) is 4. The van der Waals surface area contributed by atoms with Crippen LogP contribution in [-0.2, 0) is 4.79 Å². The minimum atomic E-state index is -0.243. The van der Waals surface area contributed by atoms with Gasteiger partial charge < -0.3 is 21.3 Å². The second-order valence-electron chi connectivity index (χ2n) is 8.34. The van der Waals surface area contributed by atoms with Crippen LogP contribution in [0.1, 0.15) is 66.0 Å². The molecule has 0 aromatic heterocycles. The van der Waals surface area contributed by atoms with Crippen molar-refractivity contribution >= 4 is 11.9 Å². The van der Waals surface area contributed by atoms with E-state index in [0.29, 0.717) is 5.96 Å². The Hall–Kier alpha value is -2.08. The van der Waals surface area contributed by atoms with Crippen LogP contribution in [0.4, 0.5) is 0 Å². The molecule has 0 aliphatic rings. The highest BCUT2D eigenvalue weighted by Crippen LogP contribution is 2.21. The lowest BCUT2D eigenvalue weighted by Crippen LogP contribution is -2.56. The zero-order valence-corrected chi connectivity index (χ0v) is 18.6. The fraction of sp³-hybridized carbons (Fsp3) is 0.636. The van der Waals surface area contributed by atoms with Gasteiger partial charge in [0.1, 0.15) is 0 Å². The molecule has 0 aliphatic carbocycles. The normalized spacial score (nSPS) is 13.8. The largest absolute Gasteiger partial charge is 0.355 e. The molecule has 6 heteroatoms. The maximum absolute atomic E-state index is 12.0. The molecule has 1 rings (SSSR count). The predicted octanol–water partition coefficient (Wildman–Crippen LogP) is 2.98. The fourth-order valence-corrected chi connectivity index (χ4v) is 3.14. The van der Waals surface area contributed by atoms with Gasteiger partial charge in [0.05, 0.1) is 6.54 Å². The van der Waals surface area contributed by atoms with Gasteiger partial charge in [0, 0.05) is 30.7 Å². The molecule has 28 heavy (non-hydrogen) atoms. The molecule has 0 radical (unpaired) electrons. The summed E-state index contributed by atoms with van der Waals surface area (Å²) in [7, 11) is 1.72. The van der Waals surface area contributed by atoms with E-state index < -0.39 is 0 Å². The number of aliphatic imine (C=N–C) groups is 1. The van der Waals surface area contributed by atoms with Gasteiger partial charge >= 0.3 is 0 Å². The van der Waals surface area contributed by atoms with Crippen LogP contribution < -0.4 is 21.3 Å². The molecule has 0 saturated carbocycles. The highest BCUT2D eigenvalue weighted by Gasteiger charge is 2.28. The Morgan fingerprint density at radius 2 is 1.68 bits per heavy atom. The lowest BCUT2D eigenvalue weighted by atomic mass is 9.90. The Kier molecular flexibility index (Phi) is 9.46. The Bertz CT molecular complexity index is 618. The third kappa shape index (κ3) is 8.30. The molecule has 1 atom stereocenters. The number of carbonyl (C=O) groups is 1. The molecule has 4 N–H and O–H groups in total. The minimum absolute atomic E-state index is 0.0523. The maximum Gasteiger partial charge on any atom is 0.239 e. The summed E-state index contributed by atoms with van der Waals surface area (Å²) in [6.07, 6.45) is 1.96. The van der Waals surface area contributed by atoms with Crippen molar-refractivity contribution in [3.63, 3.8) is 0 Å². The summed E-state index contributed by atoms with van der Waals surface area (Å²) in [6, 6.07) is 10.7. The van der Waals surface area contributed by atoms with Gasteiger partial charge in [-0.1, -0.05) is 44.2 Å². The fourth-order valence-electron chi connectivity index (χ4n) is 3.14. The summed E-state index contributed by atoms with van der Waals surface area (Å²) >= 11 is 0. The molecule has 158 valence electrons. The van der Waals surface area contributed by atoms with Crippen LogP contribution in [0, 0.1) is 0 Å².